The number of nitrogens with one attached hydrogen (secondary N) is 1. The van der Waals surface area contributed by atoms with E-state index in [0.29, 0.717) is 24.9 Å². The first-order chi connectivity index (χ1) is 8.05. The van der Waals surface area contributed by atoms with Gasteiger partial charge in [-0.05, 0) is 55.9 Å². The topological polar surface area (TPSA) is 32.3 Å². The first-order valence-electron chi connectivity index (χ1n) is 6.31. The lowest BCUT2D eigenvalue weighted by Crippen LogP contribution is -2.46. The second-order valence-corrected chi connectivity index (χ2v) is 5.59. The van der Waals surface area contributed by atoms with Crippen molar-refractivity contribution in [1.29, 1.82) is 0 Å². The molecule has 2 fully saturated rings. The molecular weight excluding hydrogens is 217 g/mol. The Bertz CT molecular complexity index is 414. The predicted octanol–water partition coefficient (Wildman–Crippen LogP) is 2.24. The predicted molar refractivity (Wildman–Crippen MR) is 64.2 cm³/mol. The minimum atomic E-state index is -0.843. The third kappa shape index (κ3) is 1.98. The molecule has 0 amide bonds. The Kier molecular flexibility index (Phi) is 2.49. The van der Waals surface area contributed by atoms with Crippen LogP contribution in [0.15, 0.2) is 18.2 Å². The van der Waals surface area contributed by atoms with Gasteiger partial charge in [0.1, 0.15) is 5.82 Å². The van der Waals surface area contributed by atoms with E-state index in [1.807, 2.05) is 13.0 Å². The maximum absolute atomic E-state index is 13.4. The maximum Gasteiger partial charge on any atom is 0.123 e. The van der Waals surface area contributed by atoms with E-state index < -0.39 is 5.60 Å². The molecule has 0 radical (unpaired) electrons. The zero-order valence-electron chi connectivity index (χ0n) is 10.0. The zero-order chi connectivity index (χ0) is 12.0. The molecule has 0 aliphatic carbocycles. The van der Waals surface area contributed by atoms with Crippen molar-refractivity contribution in [3.63, 3.8) is 0 Å². The van der Waals surface area contributed by atoms with Crippen molar-refractivity contribution in [1.82, 2.24) is 5.32 Å². The molecule has 0 spiro atoms. The van der Waals surface area contributed by atoms with Crippen LogP contribution in [0, 0.1) is 12.7 Å². The number of benzene rings is 1. The highest BCUT2D eigenvalue weighted by Gasteiger charge is 2.43. The third-order valence-electron chi connectivity index (χ3n) is 4.08. The summed E-state index contributed by atoms with van der Waals surface area (Å²) in [6.45, 7) is 1.87. The molecule has 3 rings (SSSR count). The molecule has 2 aliphatic heterocycles. The van der Waals surface area contributed by atoms with Crippen molar-refractivity contribution in [2.75, 3.05) is 0 Å². The number of aryl methyl sites for hydroxylation is 1. The van der Waals surface area contributed by atoms with Crippen LogP contribution in [0.25, 0.3) is 0 Å². The van der Waals surface area contributed by atoms with Gasteiger partial charge in [-0.15, -0.1) is 0 Å². The molecule has 17 heavy (non-hydrogen) atoms. The van der Waals surface area contributed by atoms with E-state index in [1.54, 1.807) is 0 Å². The van der Waals surface area contributed by atoms with Crippen LogP contribution < -0.4 is 5.32 Å². The van der Waals surface area contributed by atoms with Gasteiger partial charge in [0.25, 0.3) is 0 Å². The van der Waals surface area contributed by atoms with Crippen LogP contribution in [0.3, 0.4) is 0 Å². The number of piperidine rings is 1. The van der Waals surface area contributed by atoms with Gasteiger partial charge >= 0.3 is 0 Å². The minimum Gasteiger partial charge on any atom is -0.385 e. The molecule has 3 heteroatoms. The van der Waals surface area contributed by atoms with Crippen LogP contribution in [0.1, 0.15) is 36.8 Å². The number of fused-ring (bicyclic) bond motifs is 2. The Morgan fingerprint density at radius 3 is 2.47 bits per heavy atom. The molecule has 2 saturated heterocycles. The Hall–Kier alpha value is -0.930. The quantitative estimate of drug-likeness (QED) is 0.782. The molecule has 2 heterocycles. The number of rotatable bonds is 1. The fraction of sp³-hybridized carbons (Fsp3) is 0.571. The van der Waals surface area contributed by atoms with Crippen LogP contribution in [-0.2, 0) is 5.60 Å². The molecule has 0 saturated carbocycles. The molecule has 2 nitrogen and oxygen atoms in total. The monoisotopic (exact) mass is 235 g/mol. The average Bonchev–Trinajstić information content (AvgIpc) is 2.57. The second-order valence-electron chi connectivity index (χ2n) is 5.59. The Balaban J connectivity index is 1.96. The molecule has 1 aromatic rings. The zero-order valence-corrected chi connectivity index (χ0v) is 10.0. The van der Waals surface area contributed by atoms with Gasteiger partial charge in [0.05, 0.1) is 5.60 Å². The first kappa shape index (κ1) is 11.2. The lowest BCUT2D eigenvalue weighted by atomic mass is 9.81. The molecule has 2 unspecified atom stereocenters. The van der Waals surface area contributed by atoms with Gasteiger partial charge in [0.2, 0.25) is 0 Å². The summed E-state index contributed by atoms with van der Waals surface area (Å²) in [5, 5.41) is 14.3. The van der Waals surface area contributed by atoms with Gasteiger partial charge in [-0.25, -0.2) is 4.39 Å². The SMILES string of the molecule is Cc1cc(F)cc(C2(O)CC3CCC(C2)N3)c1. The van der Waals surface area contributed by atoms with Gasteiger partial charge in [-0.3, -0.25) is 0 Å². The standard InChI is InChI=1S/C14H18FNO/c1-9-4-10(6-11(15)5-9)14(17)7-12-2-3-13(8-14)16-12/h4-6,12-13,16-17H,2-3,7-8H2,1H3. The van der Waals surface area contributed by atoms with E-state index in [0.717, 1.165) is 24.0 Å². The van der Waals surface area contributed by atoms with E-state index in [-0.39, 0.29) is 5.82 Å². The van der Waals surface area contributed by atoms with Gasteiger partial charge in [0.15, 0.2) is 0 Å². The Labute approximate surface area is 101 Å². The fourth-order valence-electron chi connectivity index (χ4n) is 3.36. The van der Waals surface area contributed by atoms with E-state index in [1.165, 1.54) is 12.1 Å². The summed E-state index contributed by atoms with van der Waals surface area (Å²) in [6.07, 6.45) is 3.65. The highest BCUT2D eigenvalue weighted by molar-refractivity contribution is 5.30. The number of halogens is 1. The highest BCUT2D eigenvalue weighted by Crippen LogP contribution is 2.40. The summed E-state index contributed by atoms with van der Waals surface area (Å²) in [7, 11) is 0. The Morgan fingerprint density at radius 1 is 1.24 bits per heavy atom. The van der Waals surface area contributed by atoms with Crippen LogP contribution >= 0.6 is 0 Å². The summed E-state index contributed by atoms with van der Waals surface area (Å²) < 4.78 is 13.4. The second kappa shape index (κ2) is 3.79. The van der Waals surface area contributed by atoms with E-state index >= 15 is 0 Å². The molecule has 2 N–H and O–H groups in total. The molecular formula is C14H18FNO. The third-order valence-corrected chi connectivity index (χ3v) is 4.08. The van der Waals surface area contributed by atoms with Crippen molar-refractivity contribution < 1.29 is 9.50 Å². The van der Waals surface area contributed by atoms with Crippen molar-refractivity contribution in [3.8, 4) is 0 Å². The average molecular weight is 235 g/mol. The Morgan fingerprint density at radius 2 is 1.88 bits per heavy atom. The number of hydrogen-bond donors (Lipinski definition) is 2. The normalized spacial score (nSPS) is 36.2. The molecule has 92 valence electrons. The lowest BCUT2D eigenvalue weighted by molar-refractivity contribution is -0.0117. The van der Waals surface area contributed by atoms with Gasteiger partial charge in [-0.2, -0.15) is 0 Å². The van der Waals surface area contributed by atoms with Crippen LogP contribution in [-0.4, -0.2) is 17.2 Å². The lowest BCUT2D eigenvalue weighted by Gasteiger charge is -2.37. The van der Waals surface area contributed by atoms with Crippen molar-refractivity contribution in [2.24, 2.45) is 0 Å². The number of aliphatic hydroxyl groups is 1. The number of hydrogen-bond acceptors (Lipinski definition) is 2. The smallest absolute Gasteiger partial charge is 0.123 e. The van der Waals surface area contributed by atoms with E-state index in [9.17, 15) is 9.50 Å². The van der Waals surface area contributed by atoms with Crippen LogP contribution in [0.5, 0.6) is 0 Å². The summed E-state index contributed by atoms with van der Waals surface area (Å²) in [5.74, 6) is -0.251. The molecule has 2 atom stereocenters. The maximum atomic E-state index is 13.4. The fourth-order valence-corrected chi connectivity index (χ4v) is 3.36. The minimum absolute atomic E-state index is 0.251. The van der Waals surface area contributed by atoms with Crippen molar-refractivity contribution in [2.45, 2.75) is 50.3 Å². The van der Waals surface area contributed by atoms with Crippen LogP contribution in [0.4, 0.5) is 4.39 Å². The highest BCUT2D eigenvalue weighted by atomic mass is 19.1. The molecule has 2 aliphatic rings. The van der Waals surface area contributed by atoms with Crippen molar-refractivity contribution >= 4 is 0 Å². The molecule has 1 aromatic carbocycles. The van der Waals surface area contributed by atoms with Gasteiger partial charge < -0.3 is 10.4 Å². The summed E-state index contributed by atoms with van der Waals surface area (Å²) >= 11 is 0. The van der Waals surface area contributed by atoms with Crippen molar-refractivity contribution in [3.05, 3.63) is 35.1 Å². The largest absolute Gasteiger partial charge is 0.385 e. The summed E-state index contributed by atoms with van der Waals surface area (Å²) in [6, 6.07) is 5.68. The van der Waals surface area contributed by atoms with Gasteiger partial charge in [-0.1, -0.05) is 6.07 Å². The molecule has 2 bridgehead atoms. The van der Waals surface area contributed by atoms with Gasteiger partial charge in [0, 0.05) is 12.1 Å². The van der Waals surface area contributed by atoms with E-state index in [2.05, 4.69) is 5.32 Å². The summed E-state index contributed by atoms with van der Waals surface area (Å²) in [5.41, 5.74) is 0.775. The van der Waals surface area contributed by atoms with Crippen LogP contribution in [0.2, 0.25) is 0 Å². The summed E-state index contributed by atoms with van der Waals surface area (Å²) in [4.78, 5) is 0. The molecule has 0 aromatic heterocycles. The first-order valence-corrected chi connectivity index (χ1v) is 6.31. The van der Waals surface area contributed by atoms with E-state index in [4.69, 9.17) is 0 Å².